The van der Waals surface area contributed by atoms with Crippen molar-refractivity contribution in [3.05, 3.63) is 40.8 Å². The highest BCUT2D eigenvalue weighted by Crippen LogP contribution is 2.25. The summed E-state index contributed by atoms with van der Waals surface area (Å²) in [7, 11) is 3.69. The number of aryl methyl sites for hydroxylation is 1. The van der Waals surface area contributed by atoms with Crippen molar-refractivity contribution in [3.8, 4) is 11.3 Å². The average molecular weight is 254 g/mol. The Balaban J connectivity index is 2.45. The van der Waals surface area contributed by atoms with Crippen molar-refractivity contribution in [1.82, 2.24) is 15.1 Å². The molecule has 0 amide bonds. The minimum atomic E-state index is -0.316. The minimum Gasteiger partial charge on any atom is -0.314 e. The van der Waals surface area contributed by atoms with E-state index in [2.05, 4.69) is 10.4 Å². The second-order valence-electron chi connectivity index (χ2n) is 3.80. The van der Waals surface area contributed by atoms with E-state index < -0.39 is 0 Å². The smallest absolute Gasteiger partial charge is 0.132 e. The number of benzene rings is 1. The highest BCUT2D eigenvalue weighted by Gasteiger charge is 2.11. The van der Waals surface area contributed by atoms with Gasteiger partial charge in [-0.1, -0.05) is 11.6 Å². The number of hydrogen-bond donors (Lipinski definition) is 1. The summed E-state index contributed by atoms with van der Waals surface area (Å²) in [5.41, 5.74) is 2.01. The maximum absolute atomic E-state index is 13.7. The normalized spacial score (nSPS) is 10.8. The van der Waals surface area contributed by atoms with E-state index in [4.69, 9.17) is 11.6 Å². The van der Waals surface area contributed by atoms with E-state index in [9.17, 15) is 4.39 Å². The lowest BCUT2D eigenvalue weighted by molar-refractivity contribution is 0.629. The summed E-state index contributed by atoms with van der Waals surface area (Å²) in [6.07, 6.45) is 0. The van der Waals surface area contributed by atoms with E-state index in [1.807, 2.05) is 20.2 Å². The molecular formula is C12H13ClFN3. The van der Waals surface area contributed by atoms with Crippen molar-refractivity contribution >= 4 is 11.6 Å². The molecule has 1 aromatic carbocycles. The summed E-state index contributed by atoms with van der Waals surface area (Å²) in [4.78, 5) is 0. The molecule has 1 heterocycles. The van der Waals surface area contributed by atoms with Gasteiger partial charge >= 0.3 is 0 Å². The molecule has 90 valence electrons. The van der Waals surface area contributed by atoms with Gasteiger partial charge in [-0.05, 0) is 31.3 Å². The van der Waals surface area contributed by atoms with Crippen molar-refractivity contribution in [1.29, 1.82) is 0 Å². The third-order valence-corrected chi connectivity index (χ3v) is 2.77. The summed E-state index contributed by atoms with van der Waals surface area (Å²) in [6.45, 7) is 0.686. The van der Waals surface area contributed by atoms with Gasteiger partial charge in [-0.2, -0.15) is 5.10 Å². The highest BCUT2D eigenvalue weighted by molar-refractivity contribution is 6.30. The highest BCUT2D eigenvalue weighted by atomic mass is 35.5. The van der Waals surface area contributed by atoms with Crippen molar-refractivity contribution in [3.63, 3.8) is 0 Å². The first kappa shape index (κ1) is 12.1. The Hall–Kier alpha value is -1.39. The number of halogens is 2. The van der Waals surface area contributed by atoms with E-state index in [0.29, 0.717) is 22.8 Å². The van der Waals surface area contributed by atoms with Crippen LogP contribution in [0.1, 0.15) is 5.69 Å². The van der Waals surface area contributed by atoms with Crippen LogP contribution >= 0.6 is 11.6 Å². The topological polar surface area (TPSA) is 29.9 Å². The fraction of sp³-hybridized carbons (Fsp3) is 0.250. The zero-order chi connectivity index (χ0) is 12.4. The van der Waals surface area contributed by atoms with Crippen LogP contribution in [0.5, 0.6) is 0 Å². The lowest BCUT2D eigenvalue weighted by Gasteiger charge is -1.99. The third-order valence-electron chi connectivity index (χ3n) is 2.54. The second kappa shape index (κ2) is 4.85. The number of nitrogens with zero attached hydrogens (tertiary/aromatic N) is 2. The van der Waals surface area contributed by atoms with E-state index in [1.165, 1.54) is 12.1 Å². The average Bonchev–Trinajstić information content (AvgIpc) is 2.64. The van der Waals surface area contributed by atoms with Crippen LogP contribution in [0.4, 0.5) is 4.39 Å². The predicted octanol–water partition coefficient (Wildman–Crippen LogP) is 2.60. The zero-order valence-corrected chi connectivity index (χ0v) is 10.4. The molecular weight excluding hydrogens is 241 g/mol. The van der Waals surface area contributed by atoms with Crippen LogP contribution in [0.3, 0.4) is 0 Å². The van der Waals surface area contributed by atoms with Crippen LogP contribution in [-0.4, -0.2) is 16.8 Å². The number of hydrogen-bond acceptors (Lipinski definition) is 2. The summed E-state index contributed by atoms with van der Waals surface area (Å²) in [6, 6.07) is 6.32. The second-order valence-corrected chi connectivity index (χ2v) is 4.24. The molecule has 1 N–H and O–H groups in total. The van der Waals surface area contributed by atoms with Crippen molar-refractivity contribution < 1.29 is 4.39 Å². The van der Waals surface area contributed by atoms with Gasteiger partial charge in [0, 0.05) is 24.2 Å². The first-order chi connectivity index (χ1) is 8.11. The molecule has 2 rings (SSSR count). The van der Waals surface area contributed by atoms with Crippen molar-refractivity contribution in [2.24, 2.45) is 7.05 Å². The van der Waals surface area contributed by atoms with Gasteiger partial charge in [0.15, 0.2) is 0 Å². The first-order valence-electron chi connectivity index (χ1n) is 5.24. The molecule has 0 atom stereocenters. The van der Waals surface area contributed by atoms with Crippen LogP contribution < -0.4 is 5.32 Å². The summed E-state index contributed by atoms with van der Waals surface area (Å²) in [5.74, 6) is -0.316. The quantitative estimate of drug-likeness (QED) is 0.911. The molecule has 1 aromatic heterocycles. The van der Waals surface area contributed by atoms with Gasteiger partial charge in [0.25, 0.3) is 0 Å². The molecule has 3 nitrogen and oxygen atoms in total. The Bertz CT molecular complexity index is 537. The first-order valence-corrected chi connectivity index (χ1v) is 5.62. The maximum Gasteiger partial charge on any atom is 0.132 e. The maximum atomic E-state index is 13.7. The predicted molar refractivity (Wildman–Crippen MR) is 66.4 cm³/mol. The number of rotatable bonds is 3. The fourth-order valence-electron chi connectivity index (χ4n) is 1.68. The molecule has 0 aliphatic carbocycles. The Labute approximate surface area is 104 Å². The molecule has 0 radical (unpaired) electrons. The zero-order valence-electron chi connectivity index (χ0n) is 9.67. The van der Waals surface area contributed by atoms with Gasteiger partial charge in [0.05, 0.1) is 11.4 Å². The number of nitrogens with one attached hydrogen (secondary N) is 1. The van der Waals surface area contributed by atoms with Gasteiger partial charge < -0.3 is 5.32 Å². The van der Waals surface area contributed by atoms with Gasteiger partial charge in [0.1, 0.15) is 5.82 Å². The van der Waals surface area contributed by atoms with E-state index >= 15 is 0 Å². The molecule has 0 aliphatic rings. The molecule has 0 spiro atoms. The van der Waals surface area contributed by atoms with Gasteiger partial charge in [0.2, 0.25) is 0 Å². The molecule has 0 saturated heterocycles. The van der Waals surface area contributed by atoms with Crippen LogP contribution in [0, 0.1) is 5.82 Å². The summed E-state index contributed by atoms with van der Waals surface area (Å²) >= 11 is 5.86. The molecule has 0 unspecified atom stereocenters. The molecule has 0 fully saturated rings. The van der Waals surface area contributed by atoms with Crippen LogP contribution in [-0.2, 0) is 13.6 Å². The van der Waals surface area contributed by atoms with Crippen LogP contribution in [0.2, 0.25) is 5.02 Å². The third kappa shape index (κ3) is 2.48. The largest absolute Gasteiger partial charge is 0.314 e. The van der Waals surface area contributed by atoms with Gasteiger partial charge in [-0.3, -0.25) is 4.68 Å². The summed E-state index contributed by atoms with van der Waals surface area (Å²) in [5, 5.41) is 7.82. The van der Waals surface area contributed by atoms with E-state index in [0.717, 1.165) is 5.69 Å². The summed E-state index contributed by atoms with van der Waals surface area (Å²) < 4.78 is 15.4. The monoisotopic (exact) mass is 253 g/mol. The lowest BCUT2D eigenvalue weighted by Crippen LogP contribution is -2.09. The van der Waals surface area contributed by atoms with Gasteiger partial charge in [-0.25, -0.2) is 4.39 Å². The van der Waals surface area contributed by atoms with E-state index in [-0.39, 0.29) is 5.82 Å². The Morgan fingerprint density at radius 3 is 2.88 bits per heavy atom. The van der Waals surface area contributed by atoms with Crippen LogP contribution in [0.15, 0.2) is 24.3 Å². The Kier molecular flexibility index (Phi) is 3.45. The molecule has 17 heavy (non-hydrogen) atoms. The lowest BCUT2D eigenvalue weighted by atomic mass is 10.1. The fourth-order valence-corrected chi connectivity index (χ4v) is 1.85. The van der Waals surface area contributed by atoms with Crippen molar-refractivity contribution in [2.75, 3.05) is 7.05 Å². The molecule has 2 aromatic rings. The molecule has 0 saturated carbocycles. The van der Waals surface area contributed by atoms with Crippen molar-refractivity contribution in [2.45, 2.75) is 6.54 Å². The SMILES string of the molecule is CNCc1cc(-c2cc(Cl)ccc2F)nn1C. The van der Waals surface area contributed by atoms with Gasteiger partial charge in [-0.15, -0.1) is 0 Å². The van der Waals surface area contributed by atoms with Crippen LogP contribution in [0.25, 0.3) is 11.3 Å². The Morgan fingerprint density at radius 1 is 1.41 bits per heavy atom. The molecule has 0 aliphatic heterocycles. The van der Waals surface area contributed by atoms with E-state index in [1.54, 1.807) is 10.7 Å². The molecule has 0 bridgehead atoms. The minimum absolute atomic E-state index is 0.316. The number of aromatic nitrogens is 2. The standard InChI is InChI=1S/C12H13ClFN3/c1-15-7-9-6-12(16-17(9)2)10-5-8(13)3-4-11(10)14/h3-6,15H,7H2,1-2H3. The Morgan fingerprint density at radius 2 is 2.18 bits per heavy atom. The molecule has 5 heteroatoms.